The fourth-order valence-electron chi connectivity index (χ4n) is 9.62. The summed E-state index contributed by atoms with van der Waals surface area (Å²) in [6.07, 6.45) is 19.3. The number of rotatable bonds is 1. The number of aromatic amines is 5. The number of benzene rings is 1. The molecule has 15 heteroatoms. The van der Waals surface area contributed by atoms with Gasteiger partial charge in [-0.2, -0.15) is 25.5 Å². The van der Waals surface area contributed by atoms with Crippen LogP contribution < -0.4 is 5.73 Å². The molecule has 0 atom stereocenters. The van der Waals surface area contributed by atoms with E-state index in [0.29, 0.717) is 5.82 Å². The van der Waals surface area contributed by atoms with Gasteiger partial charge in [-0.15, -0.1) is 0 Å². The van der Waals surface area contributed by atoms with Gasteiger partial charge in [0.05, 0.1) is 53.7 Å². The van der Waals surface area contributed by atoms with Gasteiger partial charge >= 0.3 is 0 Å². The molecule has 7 N–H and O–H groups in total. The molecule has 1 aliphatic rings. The molecule has 1 saturated carbocycles. The Labute approximate surface area is 417 Å². The zero-order valence-electron chi connectivity index (χ0n) is 45.0. The molecule has 9 aromatic heterocycles. The molecule has 374 valence electrons. The van der Waals surface area contributed by atoms with Crippen molar-refractivity contribution in [2.75, 3.05) is 5.73 Å². The maximum atomic E-state index is 6.02. The molecule has 0 amide bonds. The molecule has 0 spiro atoms. The highest BCUT2D eigenvalue weighted by atomic mass is 15.2. The van der Waals surface area contributed by atoms with Crippen LogP contribution in [0.25, 0.3) is 54.8 Å². The van der Waals surface area contributed by atoms with Crippen LogP contribution in [0.2, 0.25) is 0 Å². The second kappa shape index (κ2) is 19.6. The van der Waals surface area contributed by atoms with Crippen molar-refractivity contribution >= 4 is 60.6 Å². The summed E-state index contributed by atoms with van der Waals surface area (Å²) >= 11 is 0. The minimum Gasteiger partial charge on any atom is -0.382 e. The predicted molar refractivity (Wildman–Crippen MR) is 291 cm³/mol. The Bertz CT molecular complexity index is 3220. The van der Waals surface area contributed by atoms with Crippen molar-refractivity contribution in [2.45, 2.75) is 164 Å². The number of anilines is 1. The molecule has 0 radical (unpaired) electrons. The molecule has 0 aliphatic heterocycles. The van der Waals surface area contributed by atoms with E-state index in [2.05, 4.69) is 200 Å². The van der Waals surface area contributed by atoms with Gasteiger partial charge in [0.25, 0.3) is 0 Å². The lowest BCUT2D eigenvalue weighted by molar-refractivity contribution is 0.588. The van der Waals surface area contributed by atoms with E-state index < -0.39 is 0 Å². The van der Waals surface area contributed by atoms with E-state index in [-0.39, 0.29) is 27.1 Å². The monoisotopic (exact) mass is 958 g/mol. The number of fused-ring (bicyclic) bond motifs is 5. The molecule has 9 heterocycles. The molecular weight excluding hydrogens is 883 g/mol. The van der Waals surface area contributed by atoms with E-state index in [9.17, 15) is 0 Å². The molecule has 1 fully saturated rings. The van der Waals surface area contributed by atoms with E-state index >= 15 is 0 Å². The van der Waals surface area contributed by atoms with Gasteiger partial charge in [-0.3, -0.25) is 35.5 Å². The van der Waals surface area contributed by atoms with Crippen molar-refractivity contribution < 1.29 is 0 Å². The number of hydrogen-bond donors (Lipinski definition) is 6. The van der Waals surface area contributed by atoms with Crippen LogP contribution in [-0.2, 0) is 27.1 Å². The number of aromatic nitrogens is 14. The summed E-state index contributed by atoms with van der Waals surface area (Å²) in [4.78, 5) is 17.0. The first-order chi connectivity index (χ1) is 33.2. The number of pyridine rings is 4. The smallest absolute Gasteiger partial charge is 0.155 e. The van der Waals surface area contributed by atoms with Crippen LogP contribution in [0.5, 0.6) is 0 Å². The van der Waals surface area contributed by atoms with Gasteiger partial charge in [0.1, 0.15) is 0 Å². The van der Waals surface area contributed by atoms with Crippen molar-refractivity contribution in [3.05, 3.63) is 119 Å². The Morgan fingerprint density at radius 1 is 0.465 bits per heavy atom. The maximum Gasteiger partial charge on any atom is 0.155 e. The normalized spacial score (nSPS) is 13.3. The van der Waals surface area contributed by atoms with Gasteiger partial charge in [-0.05, 0) is 111 Å². The summed E-state index contributed by atoms with van der Waals surface area (Å²) in [6.45, 7) is 37.2. The fourth-order valence-corrected chi connectivity index (χ4v) is 9.62. The summed E-state index contributed by atoms with van der Waals surface area (Å²) in [6, 6.07) is 6.41. The Morgan fingerprint density at radius 2 is 1.01 bits per heavy atom. The fraction of sp³-hybridized carbons (Fsp3) is 0.446. The number of nitrogens with zero attached hydrogens (tertiary/aromatic N) is 9. The van der Waals surface area contributed by atoms with Crippen molar-refractivity contribution in [2.24, 2.45) is 0 Å². The van der Waals surface area contributed by atoms with Crippen molar-refractivity contribution in [1.82, 2.24) is 70.9 Å². The van der Waals surface area contributed by atoms with Crippen LogP contribution >= 0.6 is 0 Å². The molecule has 1 aromatic carbocycles. The molecule has 0 unspecified atom stereocenters. The SMILES string of the molecule is CC(C)(C)c1c(C2CC2)ccc2[nH]nc(N)c12.CC(C)(C)c1ccnc2[nH]ncc12.CC(C)(C)c1cncc2[nH]ncc12.Cc1cnc2[nH]ncc2c1C(C)(C)C.Cc1ncc2[nH]ncc2c1C(C)(C)C. The molecule has 71 heavy (non-hydrogen) atoms. The predicted octanol–water partition coefficient (Wildman–Crippen LogP) is 13.0. The average Bonchev–Trinajstić information content (AvgIpc) is 3.84. The molecule has 15 nitrogen and oxygen atoms in total. The third-order valence-electron chi connectivity index (χ3n) is 12.8. The van der Waals surface area contributed by atoms with Crippen LogP contribution in [0.1, 0.15) is 167 Å². The Kier molecular flexibility index (Phi) is 14.3. The number of aryl methyl sites for hydroxylation is 2. The number of hydrogen-bond acceptors (Lipinski definition) is 10. The quantitative estimate of drug-likeness (QED) is 0.0913. The van der Waals surface area contributed by atoms with Gasteiger partial charge in [-0.1, -0.05) is 110 Å². The molecule has 0 bridgehead atoms. The van der Waals surface area contributed by atoms with E-state index in [0.717, 1.165) is 55.6 Å². The third-order valence-corrected chi connectivity index (χ3v) is 12.8. The first-order valence-electron chi connectivity index (χ1n) is 24.6. The minimum atomic E-state index is 0.107. The van der Waals surface area contributed by atoms with Gasteiger partial charge in [-0.25, -0.2) is 9.97 Å². The lowest BCUT2D eigenvalue weighted by Crippen LogP contribution is -2.15. The molecule has 1 aliphatic carbocycles. The largest absolute Gasteiger partial charge is 0.382 e. The van der Waals surface area contributed by atoms with E-state index in [1.165, 1.54) is 62.6 Å². The summed E-state index contributed by atoms with van der Waals surface area (Å²) in [5.41, 5.74) is 21.8. The Balaban J connectivity index is 0.000000131. The molecular formula is C56H75N15. The summed E-state index contributed by atoms with van der Waals surface area (Å²) < 4.78 is 0. The number of nitrogens with one attached hydrogen (secondary N) is 5. The van der Waals surface area contributed by atoms with Gasteiger partial charge in [0.15, 0.2) is 17.1 Å². The zero-order chi connectivity index (χ0) is 51.8. The number of nitrogen functional groups attached to an aromatic ring is 1. The maximum absolute atomic E-state index is 6.02. The van der Waals surface area contributed by atoms with Gasteiger partial charge in [0, 0.05) is 51.2 Å². The highest BCUT2D eigenvalue weighted by Crippen LogP contribution is 2.47. The van der Waals surface area contributed by atoms with Crippen LogP contribution in [0.4, 0.5) is 5.82 Å². The summed E-state index contributed by atoms with van der Waals surface area (Å²) in [5.74, 6) is 1.37. The minimum absolute atomic E-state index is 0.107. The lowest BCUT2D eigenvalue weighted by Gasteiger charge is -2.24. The van der Waals surface area contributed by atoms with Gasteiger partial charge < -0.3 is 5.73 Å². The number of H-pyrrole nitrogens is 5. The Morgan fingerprint density at radius 3 is 1.61 bits per heavy atom. The van der Waals surface area contributed by atoms with E-state index in [1.54, 1.807) is 6.20 Å². The summed E-state index contributed by atoms with van der Waals surface area (Å²) in [7, 11) is 0. The highest BCUT2D eigenvalue weighted by Gasteiger charge is 2.32. The first kappa shape index (κ1) is 51.8. The highest BCUT2D eigenvalue weighted by molar-refractivity contribution is 5.94. The van der Waals surface area contributed by atoms with Crippen molar-refractivity contribution in [1.29, 1.82) is 0 Å². The van der Waals surface area contributed by atoms with E-state index in [4.69, 9.17) is 5.73 Å². The molecule has 0 saturated heterocycles. The molecule has 10 aromatic rings. The van der Waals surface area contributed by atoms with Crippen LogP contribution in [0.3, 0.4) is 0 Å². The number of nitrogens with two attached hydrogens (primary N) is 1. The third kappa shape index (κ3) is 11.6. The van der Waals surface area contributed by atoms with Crippen LogP contribution in [0, 0.1) is 13.8 Å². The molecule has 11 rings (SSSR count). The van der Waals surface area contributed by atoms with Crippen molar-refractivity contribution in [3.63, 3.8) is 0 Å². The van der Waals surface area contributed by atoms with Crippen molar-refractivity contribution in [3.8, 4) is 0 Å². The second-order valence-corrected chi connectivity index (χ2v) is 24.0. The lowest BCUT2D eigenvalue weighted by atomic mass is 9.80. The second-order valence-electron chi connectivity index (χ2n) is 24.0. The first-order valence-corrected chi connectivity index (χ1v) is 24.6. The zero-order valence-corrected chi connectivity index (χ0v) is 45.0. The van der Waals surface area contributed by atoms with Crippen LogP contribution in [-0.4, -0.2) is 70.9 Å². The van der Waals surface area contributed by atoms with Gasteiger partial charge in [0.2, 0.25) is 0 Å². The topological polar surface area (TPSA) is 221 Å². The average molecular weight is 958 g/mol. The standard InChI is InChI=1S/C14H19N3.2C11H15N3.2C10H13N3/c1-14(2,3)12-9(8-4-5-8)6-7-10-11(12)13(15)17-16-10;1-7-10(11(2,3)4)8-5-13-14-9(8)6-12-7;1-7-5-12-10-8(6-13-14-10)9(7)11(2,3)4;1-10(2,3)8-5-11-6-9-7(8)4-12-13-9;1-10(2,3)8-4-5-11-9-7(8)6-12-13-9/h6-8H,4-5H2,1-3H3,(H3,15,16,17);5-6H,1-4H3,(H,13,14);5-6H,1-4H3,(H,12,13,14);4-6H,1-3H3,(H,12,13);4-6H,1-3H3,(H,11,12,13). The van der Waals surface area contributed by atoms with E-state index in [1.807, 2.05) is 56.5 Å². The Hall–Kier alpha value is -7.03. The summed E-state index contributed by atoms with van der Waals surface area (Å²) in [5, 5.41) is 40.6. The van der Waals surface area contributed by atoms with Crippen LogP contribution in [0.15, 0.2) is 74.0 Å².